The van der Waals surface area contributed by atoms with Crippen LogP contribution in [0.5, 0.6) is 0 Å². The summed E-state index contributed by atoms with van der Waals surface area (Å²) in [6, 6.07) is 7.62. The molecule has 1 aliphatic rings. The Balaban J connectivity index is 1.93. The molecule has 1 heterocycles. The fraction of sp³-hybridized carbons (Fsp3) is 0.600. The molecule has 0 aromatic heterocycles. The van der Waals surface area contributed by atoms with Crippen molar-refractivity contribution in [1.82, 2.24) is 15.1 Å². The van der Waals surface area contributed by atoms with Gasteiger partial charge in [0.25, 0.3) is 5.91 Å². The quantitative estimate of drug-likeness (QED) is 0.902. The highest BCUT2D eigenvalue weighted by atomic mass is 16.2. The van der Waals surface area contributed by atoms with E-state index in [1.165, 1.54) is 0 Å². The van der Waals surface area contributed by atoms with Gasteiger partial charge in [0.05, 0.1) is 0 Å². The third-order valence-electron chi connectivity index (χ3n) is 4.47. The summed E-state index contributed by atoms with van der Waals surface area (Å²) in [6.45, 7) is 9.42. The maximum atomic E-state index is 12.8. The molecular formula is C20H32N4O2. The Hall–Kier alpha value is -2.24. The predicted octanol–water partition coefficient (Wildman–Crippen LogP) is 2.66. The molecule has 0 radical (unpaired) electrons. The zero-order chi connectivity index (χ0) is 19.3. The fourth-order valence-corrected chi connectivity index (χ4v) is 2.86. The van der Waals surface area contributed by atoms with E-state index in [0.29, 0.717) is 38.3 Å². The number of benzene rings is 1. The SMILES string of the molecule is CN(C)c1ccc(C(=O)N2CCCN(C(=O)NCC(C)(C)C)CC2)cc1. The lowest BCUT2D eigenvalue weighted by Gasteiger charge is -2.25. The van der Waals surface area contributed by atoms with Crippen LogP contribution in [0.3, 0.4) is 0 Å². The second-order valence-corrected chi connectivity index (χ2v) is 8.29. The number of hydrogen-bond acceptors (Lipinski definition) is 3. The second-order valence-electron chi connectivity index (χ2n) is 8.29. The Morgan fingerprint density at radius 1 is 1.00 bits per heavy atom. The van der Waals surface area contributed by atoms with Crippen LogP contribution in [-0.4, -0.2) is 68.6 Å². The standard InChI is InChI=1S/C20H32N4O2/c1-20(2,3)15-21-19(26)24-12-6-11-23(13-14-24)18(25)16-7-9-17(10-8-16)22(4)5/h7-10H,6,11-15H2,1-5H3,(H,21,26). The van der Waals surface area contributed by atoms with E-state index >= 15 is 0 Å². The van der Waals surface area contributed by atoms with Gasteiger partial charge in [-0.15, -0.1) is 0 Å². The molecule has 1 saturated heterocycles. The van der Waals surface area contributed by atoms with Crippen molar-refractivity contribution in [2.24, 2.45) is 5.41 Å². The van der Waals surface area contributed by atoms with Gasteiger partial charge < -0.3 is 20.0 Å². The summed E-state index contributed by atoms with van der Waals surface area (Å²) in [5, 5.41) is 2.99. The molecule has 1 aromatic carbocycles. The monoisotopic (exact) mass is 360 g/mol. The number of nitrogens with one attached hydrogen (secondary N) is 1. The summed E-state index contributed by atoms with van der Waals surface area (Å²) in [5.41, 5.74) is 1.82. The van der Waals surface area contributed by atoms with E-state index in [9.17, 15) is 9.59 Å². The first kappa shape index (κ1) is 20.1. The Bertz CT molecular complexity index is 620. The molecule has 1 aliphatic heterocycles. The van der Waals surface area contributed by atoms with Crippen LogP contribution in [0, 0.1) is 5.41 Å². The van der Waals surface area contributed by atoms with Crippen LogP contribution in [0.2, 0.25) is 0 Å². The van der Waals surface area contributed by atoms with Crippen molar-refractivity contribution in [1.29, 1.82) is 0 Å². The van der Waals surface area contributed by atoms with Gasteiger partial charge in [0.15, 0.2) is 0 Å². The minimum absolute atomic E-state index is 0.0345. The van der Waals surface area contributed by atoms with Crippen LogP contribution in [-0.2, 0) is 0 Å². The number of urea groups is 1. The summed E-state index contributed by atoms with van der Waals surface area (Å²) in [5.74, 6) is 0.0345. The maximum Gasteiger partial charge on any atom is 0.317 e. The number of rotatable bonds is 3. The Kier molecular flexibility index (Phi) is 6.51. The lowest BCUT2D eigenvalue weighted by molar-refractivity contribution is 0.0762. The van der Waals surface area contributed by atoms with Crippen LogP contribution in [0.4, 0.5) is 10.5 Å². The molecule has 6 heteroatoms. The third-order valence-corrected chi connectivity index (χ3v) is 4.47. The van der Waals surface area contributed by atoms with Crippen LogP contribution < -0.4 is 10.2 Å². The summed E-state index contributed by atoms with van der Waals surface area (Å²) < 4.78 is 0. The van der Waals surface area contributed by atoms with Gasteiger partial charge in [0.2, 0.25) is 0 Å². The van der Waals surface area contributed by atoms with E-state index in [1.54, 1.807) is 0 Å². The predicted molar refractivity (Wildman–Crippen MR) is 106 cm³/mol. The van der Waals surface area contributed by atoms with Gasteiger partial charge in [-0.2, -0.15) is 0 Å². The van der Waals surface area contributed by atoms with E-state index in [1.807, 2.05) is 53.1 Å². The topological polar surface area (TPSA) is 55.9 Å². The van der Waals surface area contributed by atoms with E-state index in [4.69, 9.17) is 0 Å². The lowest BCUT2D eigenvalue weighted by Crippen LogP contribution is -2.44. The molecule has 0 aliphatic carbocycles. The molecule has 26 heavy (non-hydrogen) atoms. The molecule has 6 nitrogen and oxygen atoms in total. The van der Waals surface area contributed by atoms with Gasteiger partial charge in [0, 0.05) is 58.1 Å². The zero-order valence-electron chi connectivity index (χ0n) is 16.7. The van der Waals surface area contributed by atoms with Crippen molar-refractivity contribution < 1.29 is 9.59 Å². The highest BCUT2D eigenvalue weighted by Crippen LogP contribution is 2.15. The largest absolute Gasteiger partial charge is 0.378 e. The molecule has 3 amide bonds. The lowest BCUT2D eigenvalue weighted by atomic mass is 9.97. The number of carbonyl (C=O) groups excluding carboxylic acids is 2. The highest BCUT2D eigenvalue weighted by Gasteiger charge is 2.23. The number of anilines is 1. The van der Waals surface area contributed by atoms with Gasteiger partial charge in [-0.3, -0.25) is 4.79 Å². The van der Waals surface area contributed by atoms with Crippen molar-refractivity contribution >= 4 is 17.6 Å². The van der Waals surface area contributed by atoms with Gasteiger partial charge in [-0.05, 0) is 36.1 Å². The van der Waals surface area contributed by atoms with Crippen molar-refractivity contribution in [3.8, 4) is 0 Å². The first-order chi connectivity index (χ1) is 12.2. The first-order valence-electron chi connectivity index (χ1n) is 9.27. The fourth-order valence-electron chi connectivity index (χ4n) is 2.86. The second kappa shape index (κ2) is 8.43. The van der Waals surface area contributed by atoms with Crippen LogP contribution in [0.1, 0.15) is 37.6 Å². The molecule has 0 atom stereocenters. The molecule has 144 valence electrons. The molecule has 1 N–H and O–H groups in total. The Morgan fingerprint density at radius 3 is 2.15 bits per heavy atom. The van der Waals surface area contributed by atoms with E-state index < -0.39 is 0 Å². The van der Waals surface area contributed by atoms with Crippen LogP contribution >= 0.6 is 0 Å². The minimum Gasteiger partial charge on any atom is -0.378 e. The van der Waals surface area contributed by atoms with Crippen molar-refractivity contribution in [2.75, 3.05) is 51.7 Å². The Labute approximate surface area is 157 Å². The molecule has 1 aromatic rings. The molecular weight excluding hydrogens is 328 g/mol. The van der Waals surface area contributed by atoms with Crippen molar-refractivity contribution in [3.05, 3.63) is 29.8 Å². The minimum atomic E-state index is -0.0374. The maximum absolute atomic E-state index is 12.8. The van der Waals surface area contributed by atoms with E-state index in [-0.39, 0.29) is 17.4 Å². The van der Waals surface area contributed by atoms with E-state index in [0.717, 1.165) is 12.1 Å². The Morgan fingerprint density at radius 2 is 1.58 bits per heavy atom. The van der Waals surface area contributed by atoms with Crippen LogP contribution in [0.15, 0.2) is 24.3 Å². The smallest absolute Gasteiger partial charge is 0.317 e. The van der Waals surface area contributed by atoms with Gasteiger partial charge in [0.1, 0.15) is 0 Å². The van der Waals surface area contributed by atoms with Gasteiger partial charge in [-0.25, -0.2) is 4.79 Å². The summed E-state index contributed by atoms with van der Waals surface area (Å²) >= 11 is 0. The zero-order valence-corrected chi connectivity index (χ0v) is 16.7. The summed E-state index contributed by atoms with van der Waals surface area (Å²) in [4.78, 5) is 30.8. The number of carbonyl (C=O) groups is 2. The summed E-state index contributed by atoms with van der Waals surface area (Å²) in [6.07, 6.45) is 0.796. The van der Waals surface area contributed by atoms with Gasteiger partial charge >= 0.3 is 6.03 Å². The molecule has 0 bridgehead atoms. The molecule has 0 unspecified atom stereocenters. The average Bonchev–Trinajstić information content (AvgIpc) is 2.84. The molecule has 0 saturated carbocycles. The molecule has 0 spiro atoms. The van der Waals surface area contributed by atoms with Gasteiger partial charge in [-0.1, -0.05) is 20.8 Å². The third kappa shape index (κ3) is 5.64. The number of nitrogens with zero attached hydrogens (tertiary/aromatic N) is 3. The molecule has 2 rings (SSSR count). The van der Waals surface area contributed by atoms with Crippen molar-refractivity contribution in [3.63, 3.8) is 0 Å². The molecule has 1 fully saturated rings. The number of amides is 3. The first-order valence-corrected chi connectivity index (χ1v) is 9.27. The van der Waals surface area contributed by atoms with Crippen LogP contribution in [0.25, 0.3) is 0 Å². The average molecular weight is 361 g/mol. The highest BCUT2D eigenvalue weighted by molar-refractivity contribution is 5.94. The van der Waals surface area contributed by atoms with E-state index in [2.05, 4.69) is 26.1 Å². The normalized spacial score (nSPS) is 15.4. The number of hydrogen-bond donors (Lipinski definition) is 1. The summed E-state index contributed by atoms with van der Waals surface area (Å²) in [7, 11) is 3.95. The van der Waals surface area contributed by atoms with Crippen molar-refractivity contribution in [2.45, 2.75) is 27.2 Å².